The highest BCUT2D eigenvalue weighted by atomic mass is 16.2. The normalized spacial score (nSPS) is 20.9. The van der Waals surface area contributed by atoms with Crippen molar-refractivity contribution in [2.45, 2.75) is 51.0 Å². The number of aliphatic imine (C=N–C) groups is 1. The number of hydrogen-bond donors (Lipinski definition) is 0. The molecule has 0 bridgehead atoms. The van der Waals surface area contributed by atoms with Crippen molar-refractivity contribution < 1.29 is 9.59 Å². The van der Waals surface area contributed by atoms with E-state index >= 15 is 0 Å². The third-order valence-electron chi connectivity index (χ3n) is 5.53. The van der Waals surface area contributed by atoms with Gasteiger partial charge in [0.2, 0.25) is 5.91 Å². The molecular formula is C23H24N2O2. The van der Waals surface area contributed by atoms with Crippen LogP contribution >= 0.6 is 0 Å². The fraction of sp³-hybridized carbons (Fsp3) is 0.348. The fourth-order valence-electron chi connectivity index (χ4n) is 3.98. The van der Waals surface area contributed by atoms with Crippen LogP contribution < -0.4 is 4.90 Å². The average Bonchev–Trinajstić information content (AvgIpc) is 2.70. The number of imide groups is 1. The molecule has 1 saturated carbocycles. The number of benzene rings is 2. The molecule has 1 atom stereocenters. The van der Waals surface area contributed by atoms with Crippen molar-refractivity contribution >= 4 is 23.7 Å². The maximum Gasteiger partial charge on any atom is 0.265 e. The number of carbonyl (C=O) groups excluding carboxylic acids is 2. The first-order valence-electron chi connectivity index (χ1n) is 9.72. The minimum atomic E-state index is -0.512. The summed E-state index contributed by atoms with van der Waals surface area (Å²) in [5.74, 6) is -0.994. The molecule has 2 aromatic rings. The Morgan fingerprint density at radius 1 is 0.963 bits per heavy atom. The van der Waals surface area contributed by atoms with Gasteiger partial charge in [0, 0.05) is 17.8 Å². The van der Waals surface area contributed by atoms with Gasteiger partial charge in [-0.2, -0.15) is 0 Å². The molecule has 0 N–H and O–H groups in total. The highest BCUT2D eigenvalue weighted by molar-refractivity contribution is 6.29. The molecular weight excluding hydrogens is 336 g/mol. The highest BCUT2D eigenvalue weighted by Gasteiger charge is 2.38. The molecule has 2 aliphatic rings. The summed E-state index contributed by atoms with van der Waals surface area (Å²) in [7, 11) is 0. The molecule has 27 heavy (non-hydrogen) atoms. The summed E-state index contributed by atoms with van der Waals surface area (Å²) in [5, 5.41) is 0. The van der Waals surface area contributed by atoms with Gasteiger partial charge in [-0.1, -0.05) is 55.2 Å². The van der Waals surface area contributed by atoms with Crippen molar-refractivity contribution in [1.29, 1.82) is 0 Å². The summed E-state index contributed by atoms with van der Waals surface area (Å²) in [5.41, 5.74) is 3.04. The van der Waals surface area contributed by atoms with Gasteiger partial charge in [0.1, 0.15) is 0 Å². The monoisotopic (exact) mass is 360 g/mol. The maximum absolute atomic E-state index is 13.3. The lowest BCUT2D eigenvalue weighted by Crippen LogP contribution is -2.45. The smallest absolute Gasteiger partial charge is 0.265 e. The number of rotatable bonds is 3. The Kier molecular flexibility index (Phi) is 4.88. The number of carbonyl (C=O) groups is 2. The summed E-state index contributed by atoms with van der Waals surface area (Å²) in [6.45, 7) is 1.98. The lowest BCUT2D eigenvalue weighted by Gasteiger charge is -2.31. The number of anilines is 1. The summed E-state index contributed by atoms with van der Waals surface area (Å²) >= 11 is 0. The zero-order valence-corrected chi connectivity index (χ0v) is 15.6. The van der Waals surface area contributed by atoms with E-state index in [0.717, 1.165) is 24.0 Å². The highest BCUT2D eigenvalue weighted by Crippen LogP contribution is 2.32. The molecule has 1 heterocycles. The molecule has 1 aliphatic heterocycles. The van der Waals surface area contributed by atoms with Gasteiger partial charge < -0.3 is 0 Å². The van der Waals surface area contributed by atoms with Crippen LogP contribution in [0.15, 0.2) is 53.5 Å². The summed E-state index contributed by atoms with van der Waals surface area (Å²) in [4.78, 5) is 32.3. The van der Waals surface area contributed by atoms with Crippen molar-refractivity contribution in [3.05, 3.63) is 65.2 Å². The van der Waals surface area contributed by atoms with Gasteiger partial charge in [0.25, 0.3) is 5.91 Å². The van der Waals surface area contributed by atoms with Crippen LogP contribution in [-0.4, -0.2) is 24.1 Å². The van der Waals surface area contributed by atoms with Crippen LogP contribution in [0.1, 0.15) is 59.5 Å². The zero-order chi connectivity index (χ0) is 18.8. The third kappa shape index (κ3) is 3.44. The predicted octanol–water partition coefficient (Wildman–Crippen LogP) is 4.67. The van der Waals surface area contributed by atoms with Gasteiger partial charge in [0.05, 0.1) is 11.6 Å². The van der Waals surface area contributed by atoms with Gasteiger partial charge in [-0.15, -0.1) is 0 Å². The van der Waals surface area contributed by atoms with E-state index in [1.54, 1.807) is 12.3 Å². The third-order valence-corrected chi connectivity index (χ3v) is 5.53. The van der Waals surface area contributed by atoms with E-state index < -0.39 is 5.92 Å². The molecule has 0 saturated heterocycles. The molecule has 138 valence electrons. The molecule has 2 amide bonds. The number of aryl methyl sites for hydroxylation is 1. The SMILES string of the molecule is Cc1ccc(N2C(=O)c3ccccc3[C@H](C=NC3CCCCC3)C2=O)cc1. The van der Waals surface area contributed by atoms with E-state index in [0.29, 0.717) is 17.3 Å². The lowest BCUT2D eigenvalue weighted by atomic mass is 9.88. The Morgan fingerprint density at radius 2 is 1.67 bits per heavy atom. The minimum Gasteiger partial charge on any atom is -0.293 e. The Labute approximate surface area is 159 Å². The molecule has 0 unspecified atom stereocenters. The number of hydrogen-bond acceptors (Lipinski definition) is 3. The van der Waals surface area contributed by atoms with E-state index in [4.69, 9.17) is 4.99 Å². The van der Waals surface area contributed by atoms with E-state index in [9.17, 15) is 9.59 Å². The maximum atomic E-state index is 13.3. The summed E-state index contributed by atoms with van der Waals surface area (Å²) in [6.07, 6.45) is 7.62. The quantitative estimate of drug-likeness (QED) is 0.590. The van der Waals surface area contributed by atoms with Crippen LogP contribution in [-0.2, 0) is 4.79 Å². The Morgan fingerprint density at radius 3 is 2.41 bits per heavy atom. The van der Waals surface area contributed by atoms with Gasteiger partial charge >= 0.3 is 0 Å². The first-order valence-corrected chi connectivity index (χ1v) is 9.72. The van der Waals surface area contributed by atoms with Gasteiger partial charge in [-0.25, -0.2) is 4.90 Å². The molecule has 4 heteroatoms. The van der Waals surface area contributed by atoms with Crippen LogP contribution in [0.4, 0.5) is 5.69 Å². The molecule has 0 spiro atoms. The first kappa shape index (κ1) is 17.7. The van der Waals surface area contributed by atoms with Crippen molar-refractivity contribution in [3.8, 4) is 0 Å². The number of nitrogens with zero attached hydrogens (tertiary/aromatic N) is 2. The number of fused-ring (bicyclic) bond motifs is 1. The number of amides is 2. The van der Waals surface area contributed by atoms with Crippen LogP contribution in [0.25, 0.3) is 0 Å². The largest absolute Gasteiger partial charge is 0.293 e. The fourth-order valence-corrected chi connectivity index (χ4v) is 3.98. The van der Waals surface area contributed by atoms with Crippen molar-refractivity contribution in [1.82, 2.24) is 0 Å². The summed E-state index contributed by atoms with van der Waals surface area (Å²) < 4.78 is 0. The van der Waals surface area contributed by atoms with Crippen LogP contribution in [0, 0.1) is 6.92 Å². The molecule has 4 rings (SSSR count). The topological polar surface area (TPSA) is 49.7 Å². The van der Waals surface area contributed by atoms with E-state index in [2.05, 4.69) is 0 Å². The van der Waals surface area contributed by atoms with E-state index in [-0.39, 0.29) is 11.8 Å². The predicted molar refractivity (Wildman–Crippen MR) is 108 cm³/mol. The molecule has 4 nitrogen and oxygen atoms in total. The average molecular weight is 360 g/mol. The second-order valence-electron chi connectivity index (χ2n) is 7.47. The molecule has 2 aromatic carbocycles. The molecule has 1 aliphatic carbocycles. The van der Waals surface area contributed by atoms with Crippen molar-refractivity contribution in [3.63, 3.8) is 0 Å². The minimum absolute atomic E-state index is 0.220. The molecule has 0 aromatic heterocycles. The zero-order valence-electron chi connectivity index (χ0n) is 15.6. The Hall–Kier alpha value is -2.75. The standard InChI is InChI=1S/C23H24N2O2/c1-16-11-13-18(14-12-16)25-22(26)20-10-6-5-9-19(20)21(23(25)27)15-24-17-7-3-2-4-8-17/h5-6,9-15,17,21H,2-4,7-8H2,1H3/t21-/m0/s1. The lowest BCUT2D eigenvalue weighted by molar-refractivity contribution is -0.118. The van der Waals surface area contributed by atoms with Crippen molar-refractivity contribution in [2.24, 2.45) is 4.99 Å². The van der Waals surface area contributed by atoms with Gasteiger partial charge in [-0.3, -0.25) is 14.6 Å². The van der Waals surface area contributed by atoms with Crippen LogP contribution in [0.5, 0.6) is 0 Å². The first-order chi connectivity index (χ1) is 13.1. The van der Waals surface area contributed by atoms with Gasteiger partial charge in [0.15, 0.2) is 0 Å². The van der Waals surface area contributed by atoms with E-state index in [1.807, 2.05) is 49.4 Å². The summed E-state index contributed by atoms with van der Waals surface area (Å²) in [6, 6.07) is 15.2. The second kappa shape index (κ2) is 7.47. The van der Waals surface area contributed by atoms with Crippen molar-refractivity contribution in [2.75, 3.05) is 4.90 Å². The Balaban J connectivity index is 1.72. The molecule has 1 fully saturated rings. The van der Waals surface area contributed by atoms with Gasteiger partial charge in [-0.05, 0) is 43.5 Å². The van der Waals surface area contributed by atoms with Crippen LogP contribution in [0.2, 0.25) is 0 Å². The van der Waals surface area contributed by atoms with Crippen LogP contribution in [0.3, 0.4) is 0 Å². The van der Waals surface area contributed by atoms with E-state index in [1.165, 1.54) is 24.2 Å². The second-order valence-corrected chi connectivity index (χ2v) is 7.47. The Bertz CT molecular complexity index is 880. The molecule has 0 radical (unpaired) electrons.